The molecule has 1 fully saturated rings. The number of aliphatic hydroxyl groups is 1. The van der Waals surface area contributed by atoms with Crippen molar-refractivity contribution < 1.29 is 9.50 Å². The Morgan fingerprint density at radius 3 is 2.60 bits per heavy atom. The minimum atomic E-state index is -0.634. The fraction of sp³-hybridized carbons (Fsp3) is 0.647. The van der Waals surface area contributed by atoms with Gasteiger partial charge in [-0.2, -0.15) is 0 Å². The second-order valence-corrected chi connectivity index (χ2v) is 6.30. The van der Waals surface area contributed by atoms with Crippen LogP contribution in [0.5, 0.6) is 0 Å². The fourth-order valence-electron chi connectivity index (χ4n) is 3.18. The van der Waals surface area contributed by atoms with Crippen molar-refractivity contribution in [1.82, 2.24) is 0 Å². The van der Waals surface area contributed by atoms with Crippen LogP contribution in [0.4, 0.5) is 10.1 Å². The summed E-state index contributed by atoms with van der Waals surface area (Å²) in [6.07, 6.45) is 2.97. The Balaban J connectivity index is 2.19. The maximum absolute atomic E-state index is 13.4. The van der Waals surface area contributed by atoms with Crippen molar-refractivity contribution >= 4 is 5.69 Å². The summed E-state index contributed by atoms with van der Waals surface area (Å²) in [5, 5.41) is 9.88. The Labute approximate surface area is 121 Å². The van der Waals surface area contributed by atoms with E-state index in [2.05, 4.69) is 18.7 Å². The lowest BCUT2D eigenvalue weighted by Crippen LogP contribution is -2.26. The number of hydrogen-bond acceptors (Lipinski definition) is 2. The SMILES string of the molecule is CC(C)C1CCCN(c2ccc(F)cc2[C@@H](C)O)CC1. The third kappa shape index (κ3) is 3.51. The first kappa shape index (κ1) is 15.3. The number of aliphatic hydroxyl groups excluding tert-OH is 1. The van der Waals surface area contributed by atoms with Crippen LogP contribution in [0.15, 0.2) is 18.2 Å². The second kappa shape index (κ2) is 6.57. The molecule has 1 saturated heterocycles. The highest BCUT2D eigenvalue weighted by atomic mass is 19.1. The van der Waals surface area contributed by atoms with Crippen LogP contribution in [0.25, 0.3) is 0 Å². The Bertz CT molecular complexity index is 445. The van der Waals surface area contributed by atoms with Crippen LogP contribution in [0.2, 0.25) is 0 Å². The molecule has 1 heterocycles. The molecule has 1 aliphatic rings. The highest BCUT2D eigenvalue weighted by Gasteiger charge is 2.22. The molecule has 2 nitrogen and oxygen atoms in total. The van der Waals surface area contributed by atoms with E-state index in [-0.39, 0.29) is 5.82 Å². The van der Waals surface area contributed by atoms with Gasteiger partial charge in [0.25, 0.3) is 0 Å². The van der Waals surface area contributed by atoms with Crippen LogP contribution in [0.3, 0.4) is 0 Å². The maximum atomic E-state index is 13.4. The molecule has 0 bridgehead atoms. The van der Waals surface area contributed by atoms with E-state index in [1.807, 2.05) is 6.07 Å². The van der Waals surface area contributed by atoms with E-state index in [1.165, 1.54) is 31.4 Å². The first-order valence-electron chi connectivity index (χ1n) is 7.71. The normalized spacial score (nSPS) is 21.9. The molecule has 0 radical (unpaired) electrons. The molecular formula is C17H26FNO. The van der Waals surface area contributed by atoms with Gasteiger partial charge in [-0.05, 0) is 56.2 Å². The molecule has 1 N–H and O–H groups in total. The molecule has 1 aromatic carbocycles. The molecule has 0 aromatic heterocycles. The van der Waals surface area contributed by atoms with Gasteiger partial charge in [-0.15, -0.1) is 0 Å². The van der Waals surface area contributed by atoms with E-state index in [4.69, 9.17) is 0 Å². The minimum Gasteiger partial charge on any atom is -0.389 e. The Morgan fingerprint density at radius 2 is 1.95 bits per heavy atom. The van der Waals surface area contributed by atoms with Crippen molar-refractivity contribution in [2.24, 2.45) is 11.8 Å². The topological polar surface area (TPSA) is 23.5 Å². The van der Waals surface area contributed by atoms with E-state index in [1.54, 1.807) is 6.92 Å². The predicted molar refractivity (Wildman–Crippen MR) is 81.4 cm³/mol. The standard InChI is InChI=1S/C17H26FNO/c1-12(2)14-5-4-9-19(10-8-14)17-7-6-15(18)11-16(17)13(3)20/h6-7,11-14,20H,4-5,8-10H2,1-3H3/t13-,14?/m1/s1. The van der Waals surface area contributed by atoms with Gasteiger partial charge in [-0.1, -0.05) is 13.8 Å². The third-order valence-corrected chi connectivity index (χ3v) is 4.50. The number of hydrogen-bond donors (Lipinski definition) is 1. The summed E-state index contributed by atoms with van der Waals surface area (Å²) in [5.74, 6) is 1.22. The van der Waals surface area contributed by atoms with Crippen molar-refractivity contribution in [3.8, 4) is 0 Å². The minimum absolute atomic E-state index is 0.278. The van der Waals surface area contributed by atoms with Gasteiger partial charge in [0.15, 0.2) is 0 Å². The average Bonchev–Trinajstić information content (AvgIpc) is 2.64. The van der Waals surface area contributed by atoms with Crippen molar-refractivity contribution in [2.75, 3.05) is 18.0 Å². The fourth-order valence-corrected chi connectivity index (χ4v) is 3.18. The summed E-state index contributed by atoms with van der Waals surface area (Å²) >= 11 is 0. The van der Waals surface area contributed by atoms with Crippen molar-refractivity contribution in [1.29, 1.82) is 0 Å². The van der Waals surface area contributed by atoms with Crippen LogP contribution in [0, 0.1) is 17.7 Å². The summed E-state index contributed by atoms with van der Waals surface area (Å²) in [7, 11) is 0. The quantitative estimate of drug-likeness (QED) is 0.898. The molecular weight excluding hydrogens is 253 g/mol. The summed E-state index contributed by atoms with van der Waals surface area (Å²) in [4.78, 5) is 2.31. The Hall–Kier alpha value is -1.09. The summed E-state index contributed by atoms with van der Waals surface area (Å²) in [6.45, 7) is 8.27. The van der Waals surface area contributed by atoms with Crippen LogP contribution < -0.4 is 4.90 Å². The van der Waals surface area contributed by atoms with Gasteiger partial charge in [-0.3, -0.25) is 0 Å². The first-order chi connectivity index (χ1) is 9.49. The van der Waals surface area contributed by atoms with Gasteiger partial charge in [0.05, 0.1) is 6.10 Å². The van der Waals surface area contributed by atoms with Crippen LogP contribution >= 0.6 is 0 Å². The van der Waals surface area contributed by atoms with Gasteiger partial charge in [0.1, 0.15) is 5.82 Å². The zero-order valence-corrected chi connectivity index (χ0v) is 12.8. The zero-order valence-electron chi connectivity index (χ0n) is 12.8. The lowest BCUT2D eigenvalue weighted by atomic mass is 9.89. The average molecular weight is 279 g/mol. The first-order valence-corrected chi connectivity index (χ1v) is 7.71. The molecule has 1 unspecified atom stereocenters. The third-order valence-electron chi connectivity index (χ3n) is 4.50. The molecule has 3 heteroatoms. The Kier molecular flexibility index (Phi) is 5.03. The van der Waals surface area contributed by atoms with E-state index in [9.17, 15) is 9.50 Å². The largest absolute Gasteiger partial charge is 0.389 e. The molecule has 20 heavy (non-hydrogen) atoms. The molecule has 112 valence electrons. The molecule has 1 aromatic rings. The highest BCUT2D eigenvalue weighted by molar-refractivity contribution is 5.55. The van der Waals surface area contributed by atoms with E-state index in [0.717, 1.165) is 30.6 Å². The van der Waals surface area contributed by atoms with E-state index >= 15 is 0 Å². The second-order valence-electron chi connectivity index (χ2n) is 6.30. The monoisotopic (exact) mass is 279 g/mol. The number of rotatable bonds is 3. The van der Waals surface area contributed by atoms with Gasteiger partial charge in [0, 0.05) is 24.3 Å². The summed E-state index contributed by atoms with van der Waals surface area (Å²) in [5.41, 5.74) is 1.69. The van der Waals surface area contributed by atoms with Crippen molar-refractivity contribution in [2.45, 2.75) is 46.1 Å². The highest BCUT2D eigenvalue weighted by Crippen LogP contribution is 2.31. The lowest BCUT2D eigenvalue weighted by Gasteiger charge is -2.27. The van der Waals surface area contributed by atoms with E-state index in [0.29, 0.717) is 5.56 Å². The van der Waals surface area contributed by atoms with Gasteiger partial charge in [-0.25, -0.2) is 4.39 Å². The lowest BCUT2D eigenvalue weighted by molar-refractivity contribution is 0.199. The van der Waals surface area contributed by atoms with E-state index < -0.39 is 6.10 Å². The van der Waals surface area contributed by atoms with Crippen molar-refractivity contribution in [3.05, 3.63) is 29.6 Å². The number of anilines is 1. The van der Waals surface area contributed by atoms with Crippen LogP contribution in [-0.4, -0.2) is 18.2 Å². The van der Waals surface area contributed by atoms with Crippen LogP contribution in [-0.2, 0) is 0 Å². The van der Waals surface area contributed by atoms with Gasteiger partial charge >= 0.3 is 0 Å². The number of benzene rings is 1. The maximum Gasteiger partial charge on any atom is 0.123 e. The van der Waals surface area contributed by atoms with Crippen molar-refractivity contribution in [3.63, 3.8) is 0 Å². The smallest absolute Gasteiger partial charge is 0.123 e. The van der Waals surface area contributed by atoms with Gasteiger partial charge in [0.2, 0.25) is 0 Å². The Morgan fingerprint density at radius 1 is 1.20 bits per heavy atom. The van der Waals surface area contributed by atoms with Gasteiger partial charge < -0.3 is 10.0 Å². The summed E-state index contributed by atoms with van der Waals surface area (Å²) in [6, 6.07) is 4.77. The molecule has 0 saturated carbocycles. The molecule has 2 rings (SSSR count). The molecule has 2 atom stereocenters. The number of halogens is 1. The molecule has 0 amide bonds. The molecule has 0 spiro atoms. The summed E-state index contributed by atoms with van der Waals surface area (Å²) < 4.78 is 13.4. The van der Waals surface area contributed by atoms with Crippen LogP contribution in [0.1, 0.15) is 51.7 Å². The molecule has 1 aliphatic heterocycles. The zero-order chi connectivity index (χ0) is 14.7. The molecule has 0 aliphatic carbocycles. The predicted octanol–water partition coefficient (Wildman–Crippen LogP) is 4.14. The number of nitrogens with zero attached hydrogens (tertiary/aromatic N) is 1.